The average molecular weight is 269 g/mol. The molecule has 0 aliphatic rings. The maximum Gasteiger partial charge on any atom is 0.123 e. The molecule has 0 aromatic heterocycles. The largest absolute Gasteiger partial charge is 0.491 e. The van der Waals surface area contributed by atoms with E-state index in [0.29, 0.717) is 5.92 Å². The van der Waals surface area contributed by atoms with Gasteiger partial charge in [0.25, 0.3) is 0 Å². The summed E-state index contributed by atoms with van der Waals surface area (Å²) in [4.78, 5) is 0. The molecule has 1 rings (SSSR count). The minimum atomic E-state index is 0.203. The van der Waals surface area contributed by atoms with Crippen LogP contribution in [0.1, 0.15) is 64.9 Å². The first kappa shape index (κ1) is 15.4. The summed E-state index contributed by atoms with van der Waals surface area (Å²) in [6.45, 7) is 8.59. The fourth-order valence-corrected chi connectivity index (χ4v) is 2.53. The number of halogens is 1. The van der Waals surface area contributed by atoms with Crippen molar-refractivity contribution in [3.8, 4) is 5.75 Å². The number of hydrogen-bond donors (Lipinski definition) is 0. The van der Waals surface area contributed by atoms with Crippen LogP contribution in [0.3, 0.4) is 0 Å². The maximum atomic E-state index is 6.14. The zero-order valence-corrected chi connectivity index (χ0v) is 12.8. The number of rotatable bonds is 7. The average Bonchev–Trinajstić information content (AvgIpc) is 2.31. The number of benzene rings is 1. The molecule has 0 saturated heterocycles. The summed E-state index contributed by atoms with van der Waals surface area (Å²) in [6.07, 6.45) is 4.98. The summed E-state index contributed by atoms with van der Waals surface area (Å²) >= 11 is 6.14. The first-order valence-corrected chi connectivity index (χ1v) is 7.42. The van der Waals surface area contributed by atoms with Gasteiger partial charge >= 0.3 is 0 Å². The van der Waals surface area contributed by atoms with E-state index in [9.17, 15) is 0 Å². The van der Waals surface area contributed by atoms with Crippen molar-refractivity contribution in [3.63, 3.8) is 0 Å². The number of hydrogen-bond acceptors (Lipinski definition) is 1. The van der Waals surface area contributed by atoms with Gasteiger partial charge in [-0.15, -0.1) is 0 Å². The van der Waals surface area contributed by atoms with Crippen LogP contribution in [0.15, 0.2) is 18.2 Å². The lowest BCUT2D eigenvalue weighted by molar-refractivity contribution is 0.238. The van der Waals surface area contributed by atoms with E-state index in [0.717, 1.165) is 10.8 Å². The highest BCUT2D eigenvalue weighted by Crippen LogP contribution is 2.35. The Kier molecular flexibility index (Phi) is 6.56. The van der Waals surface area contributed by atoms with Crippen LogP contribution >= 0.6 is 11.6 Å². The van der Waals surface area contributed by atoms with Gasteiger partial charge in [-0.1, -0.05) is 38.3 Å². The second-order valence-corrected chi connectivity index (χ2v) is 5.56. The molecular formula is C16H25ClO. The first-order valence-electron chi connectivity index (χ1n) is 7.04. The van der Waals surface area contributed by atoms with Gasteiger partial charge in [0, 0.05) is 5.02 Å². The normalized spacial score (nSPS) is 11.3. The molecule has 0 N–H and O–H groups in total. The highest BCUT2D eigenvalue weighted by Gasteiger charge is 2.16. The zero-order valence-electron chi connectivity index (χ0n) is 12.0. The standard InChI is InChI=1S/C16H25ClO/c1-5-7-13(8-6-2)15-11-14(17)9-10-16(15)18-12(3)4/h9-13H,5-8H2,1-4H3. The Morgan fingerprint density at radius 2 is 1.72 bits per heavy atom. The summed E-state index contributed by atoms with van der Waals surface area (Å²) in [7, 11) is 0. The van der Waals surface area contributed by atoms with E-state index in [-0.39, 0.29) is 6.10 Å². The van der Waals surface area contributed by atoms with Crippen molar-refractivity contribution in [2.24, 2.45) is 0 Å². The van der Waals surface area contributed by atoms with Crippen molar-refractivity contribution in [3.05, 3.63) is 28.8 Å². The van der Waals surface area contributed by atoms with Crippen molar-refractivity contribution in [2.75, 3.05) is 0 Å². The quantitative estimate of drug-likeness (QED) is 0.606. The Morgan fingerprint density at radius 1 is 1.11 bits per heavy atom. The van der Waals surface area contributed by atoms with Gasteiger partial charge in [-0.3, -0.25) is 0 Å². The Balaban J connectivity index is 3.03. The van der Waals surface area contributed by atoms with Gasteiger partial charge < -0.3 is 4.74 Å². The van der Waals surface area contributed by atoms with Crippen LogP contribution in [0, 0.1) is 0 Å². The molecule has 0 fully saturated rings. The highest BCUT2D eigenvalue weighted by molar-refractivity contribution is 6.30. The smallest absolute Gasteiger partial charge is 0.123 e. The SMILES string of the molecule is CCCC(CCC)c1cc(Cl)ccc1OC(C)C. The molecule has 2 heteroatoms. The molecule has 0 spiro atoms. The molecule has 0 unspecified atom stereocenters. The minimum absolute atomic E-state index is 0.203. The summed E-state index contributed by atoms with van der Waals surface area (Å²) in [5, 5.41) is 0.804. The molecule has 0 aliphatic carbocycles. The Hall–Kier alpha value is -0.690. The maximum absolute atomic E-state index is 6.14. The van der Waals surface area contributed by atoms with Crippen molar-refractivity contribution in [1.82, 2.24) is 0 Å². The van der Waals surface area contributed by atoms with Crippen molar-refractivity contribution < 1.29 is 4.74 Å². The Bertz CT molecular complexity index is 354. The molecule has 102 valence electrons. The Labute approximate surface area is 116 Å². The molecule has 1 nitrogen and oxygen atoms in total. The third-order valence-electron chi connectivity index (χ3n) is 3.05. The summed E-state index contributed by atoms with van der Waals surface area (Å²) in [5.74, 6) is 1.56. The van der Waals surface area contributed by atoms with E-state index in [4.69, 9.17) is 16.3 Å². The van der Waals surface area contributed by atoms with E-state index in [1.165, 1.54) is 31.2 Å². The molecule has 1 aromatic rings. The summed E-state index contributed by atoms with van der Waals surface area (Å²) in [6, 6.07) is 6.00. The molecular weight excluding hydrogens is 244 g/mol. The second-order valence-electron chi connectivity index (χ2n) is 5.12. The molecule has 0 atom stereocenters. The van der Waals surface area contributed by atoms with Gasteiger partial charge in [0.2, 0.25) is 0 Å². The zero-order chi connectivity index (χ0) is 13.5. The van der Waals surface area contributed by atoms with Gasteiger partial charge in [0.1, 0.15) is 5.75 Å². The first-order chi connectivity index (χ1) is 8.58. The van der Waals surface area contributed by atoms with Crippen LogP contribution in [-0.4, -0.2) is 6.10 Å². The van der Waals surface area contributed by atoms with Crippen LogP contribution < -0.4 is 4.74 Å². The molecule has 0 bridgehead atoms. The predicted octanol–water partition coefficient (Wildman–Crippen LogP) is 5.81. The van der Waals surface area contributed by atoms with Crippen molar-refractivity contribution >= 4 is 11.6 Å². The summed E-state index contributed by atoms with van der Waals surface area (Å²) < 4.78 is 5.92. The molecule has 0 aliphatic heterocycles. The van der Waals surface area contributed by atoms with Gasteiger partial charge in [-0.05, 0) is 56.4 Å². The molecule has 0 heterocycles. The van der Waals surface area contributed by atoms with Crippen LogP contribution in [0.25, 0.3) is 0 Å². The van der Waals surface area contributed by atoms with Crippen LogP contribution in [0.5, 0.6) is 5.75 Å². The van der Waals surface area contributed by atoms with Crippen LogP contribution in [0.4, 0.5) is 0 Å². The fraction of sp³-hybridized carbons (Fsp3) is 0.625. The van der Waals surface area contributed by atoms with Crippen LogP contribution in [-0.2, 0) is 0 Å². The molecule has 0 radical (unpaired) electrons. The lowest BCUT2D eigenvalue weighted by Gasteiger charge is -2.21. The van der Waals surface area contributed by atoms with Crippen molar-refractivity contribution in [2.45, 2.75) is 65.4 Å². The van der Waals surface area contributed by atoms with Gasteiger partial charge in [0.05, 0.1) is 6.10 Å². The third kappa shape index (κ3) is 4.53. The highest BCUT2D eigenvalue weighted by atomic mass is 35.5. The molecule has 0 amide bonds. The van der Waals surface area contributed by atoms with Crippen molar-refractivity contribution in [1.29, 1.82) is 0 Å². The van der Waals surface area contributed by atoms with E-state index in [1.54, 1.807) is 0 Å². The van der Waals surface area contributed by atoms with E-state index >= 15 is 0 Å². The van der Waals surface area contributed by atoms with Gasteiger partial charge in [-0.2, -0.15) is 0 Å². The van der Waals surface area contributed by atoms with Gasteiger partial charge in [0.15, 0.2) is 0 Å². The molecule has 1 aromatic carbocycles. The molecule has 18 heavy (non-hydrogen) atoms. The topological polar surface area (TPSA) is 9.23 Å². The Morgan fingerprint density at radius 3 is 2.22 bits per heavy atom. The predicted molar refractivity (Wildman–Crippen MR) is 79.8 cm³/mol. The lowest BCUT2D eigenvalue weighted by Crippen LogP contribution is -2.09. The third-order valence-corrected chi connectivity index (χ3v) is 3.28. The van der Waals surface area contributed by atoms with E-state index < -0.39 is 0 Å². The minimum Gasteiger partial charge on any atom is -0.491 e. The summed E-state index contributed by atoms with van der Waals surface area (Å²) in [5.41, 5.74) is 1.28. The lowest BCUT2D eigenvalue weighted by atomic mass is 9.90. The fourth-order valence-electron chi connectivity index (χ4n) is 2.35. The van der Waals surface area contributed by atoms with E-state index in [1.807, 2.05) is 12.1 Å². The number of ether oxygens (including phenoxy) is 1. The van der Waals surface area contributed by atoms with Gasteiger partial charge in [-0.25, -0.2) is 0 Å². The monoisotopic (exact) mass is 268 g/mol. The second kappa shape index (κ2) is 7.68. The van der Waals surface area contributed by atoms with E-state index in [2.05, 4.69) is 33.8 Å². The van der Waals surface area contributed by atoms with Crippen LogP contribution in [0.2, 0.25) is 5.02 Å². The molecule has 0 saturated carbocycles.